The third kappa shape index (κ3) is 5.46. The van der Waals surface area contributed by atoms with Crippen LogP contribution in [0.25, 0.3) is 11.1 Å². The third-order valence-corrected chi connectivity index (χ3v) is 8.22. The number of pyridine rings is 1. The maximum atomic E-state index is 13.7. The summed E-state index contributed by atoms with van der Waals surface area (Å²) >= 11 is 0. The Bertz CT molecular complexity index is 1710. The number of rotatable bonds is 9. The second-order valence-electron chi connectivity index (χ2n) is 8.87. The number of sulfone groups is 1. The molecule has 0 spiro atoms. The molecule has 0 radical (unpaired) electrons. The molecule has 4 aromatic rings. The Balaban J connectivity index is 1.88. The first kappa shape index (κ1) is 27.7. The lowest BCUT2D eigenvalue weighted by molar-refractivity contribution is 0.121. The van der Waals surface area contributed by atoms with Crippen molar-refractivity contribution in [2.24, 2.45) is 0 Å². The van der Waals surface area contributed by atoms with E-state index in [1.54, 1.807) is 55.7 Å². The SMILES string of the molecule is CCOCc1nc(=O)c(S(=O)(=O)c2ccc(-c3ccncc3C)cc2)c(O)n1[C@@H](CC)c1cccc(C#N)c1. The van der Waals surface area contributed by atoms with Gasteiger partial charge in [-0.15, -0.1) is 0 Å². The van der Waals surface area contributed by atoms with Crippen LogP contribution < -0.4 is 5.56 Å². The van der Waals surface area contributed by atoms with Gasteiger partial charge in [0.05, 0.1) is 22.6 Å². The zero-order valence-corrected chi connectivity index (χ0v) is 22.6. The highest BCUT2D eigenvalue weighted by Crippen LogP contribution is 2.34. The van der Waals surface area contributed by atoms with E-state index >= 15 is 0 Å². The van der Waals surface area contributed by atoms with Crippen molar-refractivity contribution in [3.05, 3.63) is 99.9 Å². The fourth-order valence-electron chi connectivity index (χ4n) is 4.52. The lowest BCUT2D eigenvalue weighted by Crippen LogP contribution is -2.28. The van der Waals surface area contributed by atoms with Gasteiger partial charge >= 0.3 is 0 Å². The Morgan fingerprint density at radius 2 is 1.87 bits per heavy atom. The molecule has 2 heterocycles. The summed E-state index contributed by atoms with van der Waals surface area (Å²) in [6.45, 7) is 5.72. The number of nitrogens with zero attached hydrogens (tertiary/aromatic N) is 4. The molecule has 0 saturated carbocycles. The van der Waals surface area contributed by atoms with Gasteiger partial charge in [-0.1, -0.05) is 31.2 Å². The van der Waals surface area contributed by atoms with Gasteiger partial charge < -0.3 is 9.84 Å². The van der Waals surface area contributed by atoms with Crippen LogP contribution in [0.1, 0.15) is 48.8 Å². The van der Waals surface area contributed by atoms with Gasteiger partial charge in [0.1, 0.15) is 12.4 Å². The van der Waals surface area contributed by atoms with Crippen molar-refractivity contribution in [3.8, 4) is 23.1 Å². The molecule has 1 N–H and O–H groups in total. The summed E-state index contributed by atoms with van der Waals surface area (Å²) in [6.07, 6.45) is 3.78. The highest BCUT2D eigenvalue weighted by atomic mass is 32.2. The Hall–Kier alpha value is -4.33. The maximum absolute atomic E-state index is 13.7. The van der Waals surface area contributed by atoms with Crippen LogP contribution in [-0.4, -0.2) is 34.7 Å². The number of ether oxygens (including phenoxy) is 1. The normalized spacial score (nSPS) is 12.2. The summed E-state index contributed by atoms with van der Waals surface area (Å²) in [6, 6.07) is 16.2. The first-order valence-corrected chi connectivity index (χ1v) is 13.9. The summed E-state index contributed by atoms with van der Waals surface area (Å²) in [4.78, 5) is 20.3. The standard InChI is InChI=1S/C29H28N4O5S/c1-4-25(22-8-6-7-20(15-22)16-30)33-26(18-38-5-2)32-28(34)27(29(33)35)39(36,37)23-11-9-21(10-12-23)24-13-14-31-17-19(24)3/h6-15,17,25,35H,4-5,18H2,1-3H3/t25-/m0/s1. The molecule has 200 valence electrons. The van der Waals surface area contributed by atoms with E-state index in [1.807, 2.05) is 19.9 Å². The number of benzene rings is 2. The van der Waals surface area contributed by atoms with E-state index in [1.165, 1.54) is 16.7 Å². The number of hydrogen-bond donors (Lipinski definition) is 1. The number of aromatic nitrogens is 3. The van der Waals surface area contributed by atoms with Gasteiger partial charge in [-0.25, -0.2) is 8.42 Å². The molecule has 0 saturated heterocycles. The smallest absolute Gasteiger partial charge is 0.296 e. The van der Waals surface area contributed by atoms with Crippen LogP contribution in [0.3, 0.4) is 0 Å². The molecule has 39 heavy (non-hydrogen) atoms. The van der Waals surface area contributed by atoms with Gasteiger partial charge in [0.25, 0.3) is 5.56 Å². The second kappa shape index (κ2) is 11.6. The summed E-state index contributed by atoms with van der Waals surface area (Å²) in [5.41, 5.74) is 2.58. The van der Waals surface area contributed by atoms with Crippen molar-refractivity contribution >= 4 is 9.84 Å². The van der Waals surface area contributed by atoms with E-state index in [4.69, 9.17) is 4.74 Å². The van der Waals surface area contributed by atoms with E-state index in [2.05, 4.69) is 16.0 Å². The van der Waals surface area contributed by atoms with Crippen LogP contribution >= 0.6 is 0 Å². The molecule has 2 aromatic carbocycles. The molecule has 4 rings (SSSR count). The quantitative estimate of drug-likeness (QED) is 0.324. The predicted octanol–water partition coefficient (Wildman–Crippen LogP) is 4.56. The lowest BCUT2D eigenvalue weighted by Gasteiger charge is -2.25. The van der Waals surface area contributed by atoms with Crippen molar-refractivity contribution in [1.29, 1.82) is 5.26 Å². The van der Waals surface area contributed by atoms with Gasteiger partial charge in [-0.05, 0) is 72.9 Å². The molecule has 10 heteroatoms. The van der Waals surface area contributed by atoms with Crippen LogP contribution in [0.5, 0.6) is 5.88 Å². The molecule has 0 amide bonds. The number of hydrogen-bond acceptors (Lipinski definition) is 8. The Morgan fingerprint density at radius 3 is 2.51 bits per heavy atom. The second-order valence-corrected chi connectivity index (χ2v) is 10.8. The van der Waals surface area contributed by atoms with E-state index in [0.29, 0.717) is 24.2 Å². The van der Waals surface area contributed by atoms with Crippen molar-refractivity contribution < 1.29 is 18.3 Å². The van der Waals surface area contributed by atoms with Crippen LogP contribution in [-0.2, 0) is 21.2 Å². The average molecular weight is 545 g/mol. The van der Waals surface area contributed by atoms with E-state index in [-0.39, 0.29) is 17.3 Å². The van der Waals surface area contributed by atoms with Gasteiger partial charge in [0.2, 0.25) is 15.7 Å². The van der Waals surface area contributed by atoms with Crippen molar-refractivity contribution in [2.75, 3.05) is 6.61 Å². The topological polar surface area (TPSA) is 135 Å². The van der Waals surface area contributed by atoms with Gasteiger partial charge in [0.15, 0.2) is 4.90 Å². The minimum Gasteiger partial charge on any atom is -0.493 e. The first-order valence-electron chi connectivity index (χ1n) is 12.4. The summed E-state index contributed by atoms with van der Waals surface area (Å²) in [5.74, 6) is -0.649. The van der Waals surface area contributed by atoms with Crippen molar-refractivity contribution in [2.45, 2.75) is 49.6 Å². The summed E-state index contributed by atoms with van der Waals surface area (Å²) < 4.78 is 34.2. The van der Waals surface area contributed by atoms with E-state index < -0.39 is 32.2 Å². The molecule has 0 bridgehead atoms. The fraction of sp³-hybridized carbons (Fsp3) is 0.241. The molecule has 0 aliphatic carbocycles. The number of nitriles is 1. The molecule has 0 unspecified atom stereocenters. The molecule has 2 aromatic heterocycles. The molecular weight excluding hydrogens is 516 g/mol. The van der Waals surface area contributed by atoms with Crippen molar-refractivity contribution in [3.63, 3.8) is 0 Å². The largest absolute Gasteiger partial charge is 0.493 e. The first-order chi connectivity index (χ1) is 18.7. The average Bonchev–Trinajstić information content (AvgIpc) is 2.94. The number of aryl methyl sites for hydroxylation is 1. The fourth-order valence-corrected chi connectivity index (χ4v) is 5.86. The minimum absolute atomic E-state index is 0.0796. The lowest BCUT2D eigenvalue weighted by atomic mass is 10.0. The monoisotopic (exact) mass is 544 g/mol. The zero-order chi connectivity index (χ0) is 28.2. The van der Waals surface area contributed by atoms with Crippen molar-refractivity contribution in [1.82, 2.24) is 14.5 Å². The van der Waals surface area contributed by atoms with E-state index in [9.17, 15) is 23.6 Å². The minimum atomic E-state index is -4.46. The Morgan fingerprint density at radius 1 is 1.13 bits per heavy atom. The maximum Gasteiger partial charge on any atom is 0.296 e. The number of aromatic hydroxyl groups is 1. The zero-order valence-electron chi connectivity index (χ0n) is 21.8. The van der Waals surface area contributed by atoms with Crippen LogP contribution in [0.2, 0.25) is 0 Å². The third-order valence-electron chi connectivity index (χ3n) is 6.43. The Kier molecular flexibility index (Phi) is 8.24. The summed E-state index contributed by atoms with van der Waals surface area (Å²) in [5, 5.41) is 20.8. The molecule has 1 atom stereocenters. The molecule has 0 fully saturated rings. The Labute approximate surface area is 226 Å². The predicted molar refractivity (Wildman–Crippen MR) is 145 cm³/mol. The molecule has 0 aliphatic heterocycles. The van der Waals surface area contributed by atoms with Gasteiger partial charge in [-0.3, -0.25) is 14.3 Å². The van der Waals surface area contributed by atoms with Crippen LogP contribution in [0.15, 0.2) is 81.6 Å². The highest BCUT2D eigenvalue weighted by molar-refractivity contribution is 7.91. The van der Waals surface area contributed by atoms with Crippen LogP contribution in [0.4, 0.5) is 0 Å². The van der Waals surface area contributed by atoms with Crippen LogP contribution in [0, 0.1) is 18.3 Å². The molecule has 9 nitrogen and oxygen atoms in total. The molecule has 0 aliphatic rings. The molecular formula is C29H28N4O5S. The van der Waals surface area contributed by atoms with E-state index in [0.717, 1.165) is 16.7 Å². The van der Waals surface area contributed by atoms with Gasteiger partial charge in [0, 0.05) is 19.0 Å². The van der Waals surface area contributed by atoms with Gasteiger partial charge in [-0.2, -0.15) is 10.2 Å². The summed E-state index contributed by atoms with van der Waals surface area (Å²) in [7, 11) is -4.46. The highest BCUT2D eigenvalue weighted by Gasteiger charge is 2.32.